The standard InChI is InChI=1S/C17H16BrCl2N/c18-11-5-6-17(20)14(9-11)12-7-8-21-10-15(12)13-3-1-2-4-16(13)19/h1-6,9,12,15,21H,7-8,10H2. The van der Waals surface area contributed by atoms with E-state index in [0.717, 1.165) is 34.0 Å². The Morgan fingerprint density at radius 1 is 0.952 bits per heavy atom. The largest absolute Gasteiger partial charge is 0.316 e. The average Bonchev–Trinajstić information content (AvgIpc) is 2.50. The van der Waals surface area contributed by atoms with Crippen molar-refractivity contribution >= 4 is 39.1 Å². The van der Waals surface area contributed by atoms with Gasteiger partial charge in [-0.3, -0.25) is 0 Å². The summed E-state index contributed by atoms with van der Waals surface area (Å²) in [6.45, 7) is 1.94. The second-order valence-corrected chi connectivity index (χ2v) is 7.12. The number of benzene rings is 2. The summed E-state index contributed by atoms with van der Waals surface area (Å²) in [5.74, 6) is 0.732. The third-order valence-corrected chi connectivity index (χ3v) is 5.33. The maximum absolute atomic E-state index is 6.45. The lowest BCUT2D eigenvalue weighted by molar-refractivity contribution is 0.404. The van der Waals surface area contributed by atoms with Gasteiger partial charge in [-0.1, -0.05) is 57.3 Å². The number of hydrogen-bond donors (Lipinski definition) is 1. The number of nitrogens with one attached hydrogen (secondary N) is 1. The molecular formula is C17H16BrCl2N. The van der Waals surface area contributed by atoms with Crippen molar-refractivity contribution in [2.45, 2.75) is 18.3 Å². The molecule has 0 aliphatic carbocycles. The minimum atomic E-state index is 0.347. The Morgan fingerprint density at radius 2 is 1.71 bits per heavy atom. The first-order valence-electron chi connectivity index (χ1n) is 7.07. The second kappa shape index (κ2) is 6.70. The van der Waals surface area contributed by atoms with Crippen LogP contribution in [0.25, 0.3) is 0 Å². The highest BCUT2D eigenvalue weighted by molar-refractivity contribution is 9.10. The van der Waals surface area contributed by atoms with E-state index >= 15 is 0 Å². The molecule has 1 aliphatic heterocycles. The van der Waals surface area contributed by atoms with Gasteiger partial charge in [-0.05, 0) is 54.3 Å². The van der Waals surface area contributed by atoms with Crippen molar-refractivity contribution in [2.24, 2.45) is 0 Å². The van der Waals surface area contributed by atoms with Gasteiger partial charge in [0.15, 0.2) is 0 Å². The summed E-state index contributed by atoms with van der Waals surface area (Å²) >= 11 is 16.4. The fourth-order valence-electron chi connectivity index (χ4n) is 3.13. The Bertz CT molecular complexity index is 644. The number of piperidine rings is 1. The van der Waals surface area contributed by atoms with Crippen molar-refractivity contribution in [3.05, 3.63) is 68.1 Å². The topological polar surface area (TPSA) is 12.0 Å². The van der Waals surface area contributed by atoms with Crippen molar-refractivity contribution in [3.8, 4) is 0 Å². The Hall–Kier alpha value is -0.540. The molecule has 0 saturated carbocycles. The molecule has 21 heavy (non-hydrogen) atoms. The molecule has 1 fully saturated rings. The average molecular weight is 385 g/mol. The van der Waals surface area contributed by atoms with Crippen LogP contribution in [0.2, 0.25) is 10.0 Å². The van der Waals surface area contributed by atoms with Crippen LogP contribution in [-0.2, 0) is 0 Å². The third-order valence-electron chi connectivity index (χ3n) is 4.14. The molecular weight excluding hydrogens is 369 g/mol. The minimum Gasteiger partial charge on any atom is -0.316 e. The molecule has 0 amide bonds. The van der Waals surface area contributed by atoms with Gasteiger partial charge in [-0.2, -0.15) is 0 Å². The van der Waals surface area contributed by atoms with Crippen molar-refractivity contribution in [2.75, 3.05) is 13.1 Å². The van der Waals surface area contributed by atoms with E-state index < -0.39 is 0 Å². The number of halogens is 3. The van der Waals surface area contributed by atoms with Crippen LogP contribution < -0.4 is 5.32 Å². The molecule has 4 heteroatoms. The van der Waals surface area contributed by atoms with Crippen LogP contribution in [0.5, 0.6) is 0 Å². The van der Waals surface area contributed by atoms with Gasteiger partial charge < -0.3 is 5.32 Å². The normalized spacial score (nSPS) is 22.2. The van der Waals surface area contributed by atoms with Gasteiger partial charge in [0.25, 0.3) is 0 Å². The van der Waals surface area contributed by atoms with E-state index in [9.17, 15) is 0 Å². The lowest BCUT2D eigenvalue weighted by atomic mass is 9.77. The maximum atomic E-state index is 6.45. The summed E-state index contributed by atoms with van der Waals surface area (Å²) < 4.78 is 1.07. The van der Waals surface area contributed by atoms with Crippen molar-refractivity contribution < 1.29 is 0 Å². The zero-order valence-electron chi connectivity index (χ0n) is 11.5. The van der Waals surface area contributed by atoms with E-state index in [1.54, 1.807) is 0 Å². The molecule has 110 valence electrons. The summed E-state index contributed by atoms with van der Waals surface area (Å²) in [4.78, 5) is 0. The zero-order chi connectivity index (χ0) is 14.8. The molecule has 0 spiro atoms. The first kappa shape index (κ1) is 15.4. The Balaban J connectivity index is 2.02. The van der Waals surface area contributed by atoms with Crippen molar-refractivity contribution in [1.82, 2.24) is 5.32 Å². The van der Waals surface area contributed by atoms with Crippen LogP contribution >= 0.6 is 39.1 Å². The van der Waals surface area contributed by atoms with Crippen LogP contribution in [0.3, 0.4) is 0 Å². The Kier molecular flexibility index (Phi) is 4.90. The zero-order valence-corrected chi connectivity index (χ0v) is 14.5. The number of rotatable bonds is 2. The first-order valence-corrected chi connectivity index (χ1v) is 8.62. The maximum Gasteiger partial charge on any atom is 0.0441 e. The van der Waals surface area contributed by atoms with E-state index in [4.69, 9.17) is 23.2 Å². The van der Waals surface area contributed by atoms with Crippen molar-refractivity contribution in [1.29, 1.82) is 0 Å². The van der Waals surface area contributed by atoms with Crippen LogP contribution in [0, 0.1) is 0 Å². The molecule has 1 aliphatic rings. The van der Waals surface area contributed by atoms with Gasteiger partial charge in [0.05, 0.1) is 0 Å². The summed E-state index contributed by atoms with van der Waals surface area (Å²) in [5, 5.41) is 5.15. The molecule has 3 rings (SSSR count). The Labute approximate surface area is 143 Å². The van der Waals surface area contributed by atoms with E-state index in [0.29, 0.717) is 11.8 Å². The van der Waals surface area contributed by atoms with Gasteiger partial charge >= 0.3 is 0 Å². The molecule has 1 saturated heterocycles. The van der Waals surface area contributed by atoms with E-state index in [1.165, 1.54) is 11.1 Å². The monoisotopic (exact) mass is 383 g/mol. The number of hydrogen-bond acceptors (Lipinski definition) is 1. The van der Waals surface area contributed by atoms with Crippen LogP contribution in [0.4, 0.5) is 0 Å². The first-order chi connectivity index (χ1) is 10.2. The highest BCUT2D eigenvalue weighted by atomic mass is 79.9. The summed E-state index contributed by atoms with van der Waals surface area (Å²) in [7, 11) is 0. The lowest BCUT2D eigenvalue weighted by Gasteiger charge is -2.34. The predicted molar refractivity (Wildman–Crippen MR) is 93.6 cm³/mol. The minimum absolute atomic E-state index is 0.347. The third kappa shape index (κ3) is 3.29. The summed E-state index contributed by atoms with van der Waals surface area (Å²) in [5.41, 5.74) is 2.41. The molecule has 1 nitrogen and oxygen atoms in total. The van der Waals surface area contributed by atoms with Gasteiger partial charge in [0.1, 0.15) is 0 Å². The fourth-order valence-corrected chi connectivity index (χ4v) is 4.04. The van der Waals surface area contributed by atoms with E-state index in [2.05, 4.69) is 39.4 Å². The van der Waals surface area contributed by atoms with E-state index in [-0.39, 0.29) is 0 Å². The highest BCUT2D eigenvalue weighted by Crippen LogP contribution is 2.42. The quantitative estimate of drug-likeness (QED) is 0.708. The smallest absolute Gasteiger partial charge is 0.0441 e. The molecule has 0 radical (unpaired) electrons. The van der Waals surface area contributed by atoms with Crippen molar-refractivity contribution in [3.63, 3.8) is 0 Å². The molecule has 2 aromatic rings. The van der Waals surface area contributed by atoms with Gasteiger partial charge in [-0.15, -0.1) is 0 Å². The molecule has 1 N–H and O–H groups in total. The van der Waals surface area contributed by atoms with Gasteiger partial charge in [0.2, 0.25) is 0 Å². The van der Waals surface area contributed by atoms with Crippen LogP contribution in [0.1, 0.15) is 29.4 Å². The summed E-state index contributed by atoms with van der Waals surface area (Å²) in [6.07, 6.45) is 1.06. The Morgan fingerprint density at radius 3 is 2.52 bits per heavy atom. The molecule has 0 aromatic heterocycles. The molecule has 2 atom stereocenters. The lowest BCUT2D eigenvalue weighted by Crippen LogP contribution is -2.34. The SMILES string of the molecule is Clc1ccc(Br)cc1C1CCNCC1c1ccccc1Cl. The highest BCUT2D eigenvalue weighted by Gasteiger charge is 2.30. The molecule has 2 unspecified atom stereocenters. The molecule has 2 aromatic carbocycles. The predicted octanol–water partition coefficient (Wildman–Crippen LogP) is 5.62. The van der Waals surface area contributed by atoms with Crippen LogP contribution in [-0.4, -0.2) is 13.1 Å². The second-order valence-electron chi connectivity index (χ2n) is 5.39. The fraction of sp³-hybridized carbons (Fsp3) is 0.294. The van der Waals surface area contributed by atoms with E-state index in [1.807, 2.05) is 24.3 Å². The summed E-state index contributed by atoms with van der Waals surface area (Å²) in [6, 6.07) is 14.2. The molecule has 0 bridgehead atoms. The van der Waals surface area contributed by atoms with Gasteiger partial charge in [-0.25, -0.2) is 0 Å². The molecule has 1 heterocycles. The van der Waals surface area contributed by atoms with Gasteiger partial charge in [0, 0.05) is 27.0 Å². The van der Waals surface area contributed by atoms with Crippen LogP contribution in [0.15, 0.2) is 46.9 Å².